The molecular weight excluding hydrogens is 348 g/mol. The van der Waals surface area contributed by atoms with Crippen LogP contribution in [0.25, 0.3) is 43.4 Å². The topological polar surface area (TPSA) is 0 Å². The van der Waals surface area contributed by atoms with Crippen LogP contribution in [-0.4, -0.2) is 0 Å². The molecule has 2 aliphatic carbocycles. The summed E-state index contributed by atoms with van der Waals surface area (Å²) in [7, 11) is 0. The van der Waals surface area contributed by atoms with E-state index in [1.54, 1.807) is 0 Å². The van der Waals surface area contributed by atoms with Gasteiger partial charge in [-0.25, -0.2) is 0 Å². The molecule has 0 spiro atoms. The van der Waals surface area contributed by atoms with E-state index in [1.807, 2.05) is 0 Å². The average Bonchev–Trinajstić information content (AvgIpc) is 3.52. The summed E-state index contributed by atoms with van der Waals surface area (Å²) in [6.07, 6.45) is 9.14. The van der Waals surface area contributed by atoms with Crippen molar-refractivity contribution in [1.82, 2.24) is 0 Å². The summed E-state index contributed by atoms with van der Waals surface area (Å²) in [5.41, 5.74) is 4.11. The predicted molar refractivity (Wildman–Crippen MR) is 124 cm³/mol. The van der Waals surface area contributed by atoms with Gasteiger partial charge in [-0.1, -0.05) is 91.0 Å². The van der Waals surface area contributed by atoms with Crippen LogP contribution in [0.5, 0.6) is 0 Å². The molecule has 1 fully saturated rings. The van der Waals surface area contributed by atoms with Gasteiger partial charge >= 0.3 is 0 Å². The lowest BCUT2D eigenvalue weighted by molar-refractivity contribution is 0.981. The van der Waals surface area contributed by atoms with Crippen molar-refractivity contribution in [3.05, 3.63) is 109 Å². The van der Waals surface area contributed by atoms with E-state index in [-0.39, 0.29) is 0 Å². The molecule has 0 saturated heterocycles. The largest absolute Gasteiger partial charge is 0.0802 e. The first kappa shape index (κ1) is 15.5. The van der Waals surface area contributed by atoms with E-state index in [0.717, 1.165) is 0 Å². The lowest BCUT2D eigenvalue weighted by Gasteiger charge is -2.13. The van der Waals surface area contributed by atoms with Crippen molar-refractivity contribution < 1.29 is 0 Å². The normalized spacial score (nSPS) is 22.6. The Morgan fingerprint density at radius 3 is 1.76 bits per heavy atom. The molecule has 2 unspecified atom stereocenters. The first-order valence-electron chi connectivity index (χ1n) is 10.5. The van der Waals surface area contributed by atoms with Crippen molar-refractivity contribution in [3.63, 3.8) is 0 Å². The number of benzene rings is 5. The summed E-state index contributed by atoms with van der Waals surface area (Å²) in [6, 6.07) is 29.6. The van der Waals surface area contributed by atoms with E-state index in [4.69, 9.17) is 0 Å². The molecule has 0 amide bonds. The van der Waals surface area contributed by atoms with Gasteiger partial charge in [0.1, 0.15) is 0 Å². The molecule has 2 atom stereocenters. The summed E-state index contributed by atoms with van der Waals surface area (Å²) in [5.74, 6) is 2.04. The maximum absolute atomic E-state index is 2.41. The molecule has 5 aromatic carbocycles. The second-order valence-corrected chi connectivity index (χ2v) is 8.58. The Hall–Kier alpha value is -3.38. The van der Waals surface area contributed by atoms with E-state index >= 15 is 0 Å². The predicted octanol–water partition coefficient (Wildman–Crippen LogP) is 7.71. The van der Waals surface area contributed by atoms with Crippen molar-refractivity contribution in [1.29, 1.82) is 0 Å². The molecule has 0 nitrogen and oxygen atoms in total. The molecule has 7 rings (SSSR count). The van der Waals surface area contributed by atoms with Crippen LogP contribution in [0.15, 0.2) is 103 Å². The Morgan fingerprint density at radius 2 is 1.07 bits per heavy atom. The van der Waals surface area contributed by atoms with Crippen molar-refractivity contribution in [3.8, 4) is 11.1 Å². The molecule has 0 N–H and O–H groups in total. The van der Waals surface area contributed by atoms with Crippen LogP contribution in [0.2, 0.25) is 0 Å². The minimum Gasteiger partial charge on any atom is -0.0802 e. The Morgan fingerprint density at radius 1 is 0.483 bits per heavy atom. The number of rotatable bonds is 2. The highest BCUT2D eigenvalue weighted by atomic mass is 14.5. The smallest absolute Gasteiger partial charge is 0.00239 e. The molecule has 0 heteroatoms. The first-order chi connectivity index (χ1) is 14.4. The molecule has 0 bridgehead atoms. The van der Waals surface area contributed by atoms with E-state index < -0.39 is 0 Å². The fourth-order valence-electron chi connectivity index (χ4n) is 5.53. The second-order valence-electron chi connectivity index (χ2n) is 8.58. The minimum atomic E-state index is 0.648. The van der Waals surface area contributed by atoms with Gasteiger partial charge in [0.05, 0.1) is 0 Å². The molecule has 0 radical (unpaired) electrons. The average molecular weight is 368 g/mol. The van der Waals surface area contributed by atoms with Crippen LogP contribution < -0.4 is 0 Å². The molecule has 5 aromatic rings. The molecule has 136 valence electrons. The number of hydrogen-bond acceptors (Lipinski definition) is 0. The van der Waals surface area contributed by atoms with Gasteiger partial charge in [-0.15, -0.1) is 0 Å². The van der Waals surface area contributed by atoms with E-state index in [2.05, 4.69) is 103 Å². The minimum absolute atomic E-state index is 0.648. The first-order valence-corrected chi connectivity index (χ1v) is 10.5. The molecule has 1 saturated carbocycles. The highest BCUT2D eigenvalue weighted by Crippen LogP contribution is 2.57. The Labute approximate surface area is 170 Å². The zero-order chi connectivity index (χ0) is 18.9. The maximum atomic E-state index is 2.41. The van der Waals surface area contributed by atoms with Gasteiger partial charge in [0.15, 0.2) is 0 Å². The Balaban J connectivity index is 1.40. The van der Waals surface area contributed by atoms with Gasteiger partial charge in [-0.05, 0) is 78.9 Å². The number of hydrogen-bond donors (Lipinski definition) is 0. The second kappa shape index (κ2) is 5.58. The highest BCUT2D eigenvalue weighted by Gasteiger charge is 2.48. The fourth-order valence-corrected chi connectivity index (χ4v) is 5.53. The van der Waals surface area contributed by atoms with E-state index in [1.165, 1.54) is 49.0 Å². The van der Waals surface area contributed by atoms with Crippen LogP contribution in [0, 0.1) is 11.8 Å². The molecule has 2 aliphatic rings. The van der Waals surface area contributed by atoms with Crippen LogP contribution in [0.1, 0.15) is 11.5 Å². The zero-order valence-electron chi connectivity index (χ0n) is 16.0. The molecule has 29 heavy (non-hydrogen) atoms. The monoisotopic (exact) mass is 368 g/mol. The lowest BCUT2D eigenvalue weighted by Crippen LogP contribution is -1.88. The maximum Gasteiger partial charge on any atom is -0.00239 e. The van der Waals surface area contributed by atoms with E-state index in [9.17, 15) is 0 Å². The third-order valence-corrected chi connectivity index (χ3v) is 6.98. The van der Waals surface area contributed by atoms with Gasteiger partial charge in [-0.2, -0.15) is 0 Å². The molecule has 0 aliphatic heterocycles. The van der Waals surface area contributed by atoms with Crippen LogP contribution in [0.3, 0.4) is 0 Å². The summed E-state index contributed by atoms with van der Waals surface area (Å²) in [4.78, 5) is 0. The fraction of sp³-hybridized carbons (Fsp3) is 0.103. The summed E-state index contributed by atoms with van der Waals surface area (Å²) in [6.45, 7) is 0. The van der Waals surface area contributed by atoms with Crippen molar-refractivity contribution in [2.24, 2.45) is 11.8 Å². The van der Waals surface area contributed by atoms with Gasteiger partial charge in [0.2, 0.25) is 0 Å². The van der Waals surface area contributed by atoms with Gasteiger partial charge < -0.3 is 0 Å². The third kappa shape index (κ3) is 2.20. The van der Waals surface area contributed by atoms with Crippen molar-refractivity contribution in [2.45, 2.75) is 5.92 Å². The van der Waals surface area contributed by atoms with Crippen LogP contribution in [-0.2, 0) is 0 Å². The lowest BCUT2D eigenvalue weighted by atomic mass is 9.91. The van der Waals surface area contributed by atoms with Crippen LogP contribution in [0.4, 0.5) is 0 Å². The van der Waals surface area contributed by atoms with Gasteiger partial charge in [0, 0.05) is 0 Å². The zero-order valence-corrected chi connectivity index (χ0v) is 16.0. The molecule has 0 heterocycles. The quantitative estimate of drug-likeness (QED) is 0.280. The van der Waals surface area contributed by atoms with Crippen molar-refractivity contribution in [2.75, 3.05) is 0 Å². The van der Waals surface area contributed by atoms with Crippen molar-refractivity contribution >= 4 is 32.3 Å². The SMILES string of the molecule is C1=CC2C(C=C1)C2c1cccc(-c2cc3ccc4cccc5ccc(c2)c3c45)c1. The Bertz CT molecular complexity index is 1380. The van der Waals surface area contributed by atoms with Crippen LogP contribution >= 0.6 is 0 Å². The third-order valence-electron chi connectivity index (χ3n) is 6.98. The summed E-state index contributed by atoms with van der Waals surface area (Å²) < 4.78 is 0. The summed E-state index contributed by atoms with van der Waals surface area (Å²) in [5, 5.41) is 8.10. The highest BCUT2D eigenvalue weighted by molar-refractivity contribution is 6.23. The molecule has 0 aromatic heterocycles. The standard InChI is InChI=1S/C29H20/c1-2-10-26-25(9-1)29(26)21-8-4-7-20(15-21)24-16-22-13-11-18-5-3-6-19-12-14-23(17-24)28(22)27(18)19/h1-17,25-26,29H. The number of allylic oxidation sites excluding steroid dienone is 4. The van der Waals surface area contributed by atoms with E-state index in [0.29, 0.717) is 17.8 Å². The summed E-state index contributed by atoms with van der Waals surface area (Å²) >= 11 is 0. The Kier molecular flexibility index (Phi) is 2.99. The van der Waals surface area contributed by atoms with Gasteiger partial charge in [-0.3, -0.25) is 0 Å². The molecular formula is C29H20. The van der Waals surface area contributed by atoms with Gasteiger partial charge in [0.25, 0.3) is 0 Å². The number of fused-ring (bicyclic) bond motifs is 1.